The van der Waals surface area contributed by atoms with Gasteiger partial charge in [0.15, 0.2) is 0 Å². The zero-order valence-corrected chi connectivity index (χ0v) is 12.1. The monoisotopic (exact) mass is 294 g/mol. The van der Waals surface area contributed by atoms with Crippen molar-refractivity contribution in [1.82, 2.24) is 10.3 Å². The lowest BCUT2D eigenvalue weighted by Crippen LogP contribution is -2.24. The summed E-state index contributed by atoms with van der Waals surface area (Å²) in [7, 11) is 0. The van der Waals surface area contributed by atoms with E-state index in [0.717, 1.165) is 18.0 Å². The summed E-state index contributed by atoms with van der Waals surface area (Å²) >= 11 is 1.67. The number of para-hydroxylation sites is 2. The number of ether oxygens (including phenoxy) is 1. The molecule has 0 saturated heterocycles. The van der Waals surface area contributed by atoms with Crippen LogP contribution in [0.2, 0.25) is 0 Å². The molecule has 1 N–H and O–H groups in total. The average Bonchev–Trinajstić information content (AvgIpc) is 3.05. The fourth-order valence-corrected chi connectivity index (χ4v) is 3.21. The lowest BCUT2D eigenvalue weighted by molar-refractivity contribution is 0.428. The van der Waals surface area contributed by atoms with Crippen LogP contribution in [-0.2, 0) is 6.54 Å². The predicted molar refractivity (Wildman–Crippen MR) is 83.8 cm³/mol. The Bertz CT molecular complexity index is 709. The second-order valence-electron chi connectivity index (χ2n) is 4.96. The van der Waals surface area contributed by atoms with Crippen LogP contribution in [0.4, 0.5) is 0 Å². The molecule has 0 atom stereocenters. The van der Waals surface area contributed by atoms with Crippen molar-refractivity contribution in [2.45, 2.75) is 12.6 Å². The van der Waals surface area contributed by atoms with E-state index < -0.39 is 0 Å². The van der Waals surface area contributed by atoms with Crippen molar-refractivity contribution < 1.29 is 4.74 Å². The van der Waals surface area contributed by atoms with E-state index in [4.69, 9.17) is 4.74 Å². The van der Waals surface area contributed by atoms with E-state index in [-0.39, 0.29) is 6.04 Å². The van der Waals surface area contributed by atoms with Gasteiger partial charge in [0.25, 0.3) is 0 Å². The molecule has 2 heterocycles. The molecule has 0 spiro atoms. The van der Waals surface area contributed by atoms with Crippen molar-refractivity contribution in [2.24, 2.45) is 0 Å². The third-order valence-electron chi connectivity index (χ3n) is 3.64. The fourth-order valence-electron chi connectivity index (χ4n) is 2.66. The highest BCUT2D eigenvalue weighted by atomic mass is 32.1. The molecule has 0 fully saturated rings. The van der Waals surface area contributed by atoms with Crippen molar-refractivity contribution in [3.63, 3.8) is 0 Å². The first-order valence-electron chi connectivity index (χ1n) is 6.88. The summed E-state index contributed by atoms with van der Waals surface area (Å²) in [5, 5.41) is 3.63. The third kappa shape index (κ3) is 2.33. The molecule has 3 nitrogen and oxygen atoms in total. The second kappa shape index (κ2) is 5.31. The van der Waals surface area contributed by atoms with E-state index in [2.05, 4.69) is 34.6 Å². The average molecular weight is 294 g/mol. The number of aromatic nitrogens is 1. The van der Waals surface area contributed by atoms with Gasteiger partial charge < -0.3 is 10.1 Å². The van der Waals surface area contributed by atoms with Gasteiger partial charge in [-0.3, -0.25) is 4.98 Å². The largest absolute Gasteiger partial charge is 0.457 e. The number of nitrogens with zero attached hydrogens (tertiary/aromatic N) is 1. The number of hydrogen-bond donors (Lipinski definition) is 1. The molecule has 0 aliphatic carbocycles. The van der Waals surface area contributed by atoms with E-state index in [1.807, 2.05) is 36.0 Å². The number of rotatable bonds is 3. The van der Waals surface area contributed by atoms with Crippen LogP contribution in [0.5, 0.6) is 11.5 Å². The summed E-state index contributed by atoms with van der Waals surface area (Å²) in [6.45, 7) is 0.804. The van der Waals surface area contributed by atoms with Crippen LogP contribution in [0.25, 0.3) is 0 Å². The van der Waals surface area contributed by atoms with Gasteiger partial charge in [0.2, 0.25) is 0 Å². The normalized spacial score (nSPS) is 13.3. The van der Waals surface area contributed by atoms with Gasteiger partial charge in [0.05, 0.1) is 11.6 Å². The van der Waals surface area contributed by atoms with Gasteiger partial charge in [-0.25, -0.2) is 0 Å². The van der Waals surface area contributed by atoms with Crippen LogP contribution in [0.15, 0.2) is 60.2 Å². The van der Waals surface area contributed by atoms with Crippen LogP contribution < -0.4 is 10.1 Å². The molecule has 4 rings (SSSR count). The molecule has 1 aromatic heterocycles. The van der Waals surface area contributed by atoms with Crippen molar-refractivity contribution >= 4 is 11.3 Å². The quantitative estimate of drug-likeness (QED) is 0.788. The van der Waals surface area contributed by atoms with Gasteiger partial charge >= 0.3 is 0 Å². The minimum Gasteiger partial charge on any atom is -0.457 e. The molecular formula is C17H14N2OS. The molecule has 4 heteroatoms. The summed E-state index contributed by atoms with van der Waals surface area (Å²) < 4.78 is 5.99. The number of benzene rings is 2. The lowest BCUT2D eigenvalue weighted by atomic mass is 9.94. The smallest absolute Gasteiger partial charge is 0.132 e. The maximum Gasteiger partial charge on any atom is 0.132 e. The van der Waals surface area contributed by atoms with Crippen molar-refractivity contribution in [2.75, 3.05) is 0 Å². The summed E-state index contributed by atoms with van der Waals surface area (Å²) in [5.74, 6) is 1.86. The van der Waals surface area contributed by atoms with Crippen LogP contribution in [0.1, 0.15) is 22.0 Å². The summed E-state index contributed by atoms with van der Waals surface area (Å²) in [6, 6.07) is 16.5. The molecule has 104 valence electrons. The summed E-state index contributed by atoms with van der Waals surface area (Å²) in [6.07, 6.45) is 1.91. The lowest BCUT2D eigenvalue weighted by Gasteiger charge is -2.28. The topological polar surface area (TPSA) is 34.1 Å². The number of fused-ring (bicyclic) bond motifs is 2. The minimum absolute atomic E-state index is 0.147. The number of hydrogen-bond acceptors (Lipinski definition) is 4. The Morgan fingerprint density at radius 1 is 1.00 bits per heavy atom. The third-order valence-corrected chi connectivity index (χ3v) is 4.42. The van der Waals surface area contributed by atoms with Crippen LogP contribution >= 0.6 is 11.3 Å². The first-order chi connectivity index (χ1) is 10.4. The van der Waals surface area contributed by atoms with Gasteiger partial charge in [0.1, 0.15) is 11.5 Å². The molecule has 21 heavy (non-hydrogen) atoms. The molecule has 1 aliphatic rings. The van der Waals surface area contributed by atoms with E-state index in [0.29, 0.717) is 0 Å². The summed E-state index contributed by atoms with van der Waals surface area (Å²) in [4.78, 5) is 5.36. The molecule has 0 bridgehead atoms. The van der Waals surface area contributed by atoms with Crippen LogP contribution in [-0.4, -0.2) is 4.98 Å². The van der Waals surface area contributed by atoms with Gasteiger partial charge in [0, 0.05) is 28.7 Å². The highest BCUT2D eigenvalue weighted by Crippen LogP contribution is 2.42. The van der Waals surface area contributed by atoms with E-state index in [1.165, 1.54) is 16.0 Å². The Balaban J connectivity index is 1.71. The first kappa shape index (κ1) is 12.6. The standard InChI is InChI=1S/C17H14N2OS/c1-3-7-15-13(5-1)17(19-10-12-9-18-11-21-12)14-6-2-4-8-16(14)20-15/h1-9,11,17,19H,10H2. The Kier molecular flexibility index (Phi) is 3.18. The van der Waals surface area contributed by atoms with E-state index in [1.54, 1.807) is 11.3 Å². The predicted octanol–water partition coefficient (Wildman–Crippen LogP) is 4.13. The van der Waals surface area contributed by atoms with Crippen LogP contribution in [0.3, 0.4) is 0 Å². The molecule has 0 amide bonds. The summed E-state index contributed by atoms with van der Waals surface area (Å²) in [5.41, 5.74) is 4.23. The minimum atomic E-state index is 0.147. The van der Waals surface area contributed by atoms with E-state index >= 15 is 0 Å². The fraction of sp³-hybridized carbons (Fsp3) is 0.118. The van der Waals surface area contributed by atoms with Gasteiger partial charge in [-0.15, -0.1) is 11.3 Å². The zero-order chi connectivity index (χ0) is 14.1. The maximum absolute atomic E-state index is 5.99. The number of thiazole rings is 1. The van der Waals surface area contributed by atoms with Crippen molar-refractivity contribution in [3.05, 3.63) is 76.2 Å². The molecule has 0 unspecified atom stereocenters. The molecule has 1 aliphatic heterocycles. The van der Waals surface area contributed by atoms with Crippen molar-refractivity contribution in [3.8, 4) is 11.5 Å². The highest BCUT2D eigenvalue weighted by molar-refractivity contribution is 7.09. The molecule has 2 aromatic carbocycles. The Morgan fingerprint density at radius 3 is 2.29 bits per heavy atom. The van der Waals surface area contributed by atoms with Gasteiger partial charge in [-0.1, -0.05) is 36.4 Å². The van der Waals surface area contributed by atoms with Gasteiger partial charge in [-0.2, -0.15) is 0 Å². The van der Waals surface area contributed by atoms with Crippen molar-refractivity contribution in [1.29, 1.82) is 0 Å². The molecule has 0 saturated carbocycles. The first-order valence-corrected chi connectivity index (χ1v) is 7.76. The molecule has 3 aromatic rings. The Morgan fingerprint density at radius 2 is 1.67 bits per heavy atom. The zero-order valence-electron chi connectivity index (χ0n) is 11.3. The second-order valence-corrected chi connectivity index (χ2v) is 5.93. The molecular weight excluding hydrogens is 280 g/mol. The Labute approximate surface area is 127 Å². The maximum atomic E-state index is 5.99. The molecule has 0 radical (unpaired) electrons. The van der Waals surface area contributed by atoms with E-state index in [9.17, 15) is 0 Å². The SMILES string of the molecule is c1ccc2c(c1)Oc1ccccc1C2NCc1cncs1. The van der Waals surface area contributed by atoms with Crippen LogP contribution in [0, 0.1) is 0 Å². The highest BCUT2D eigenvalue weighted by Gasteiger charge is 2.26. The Hall–Kier alpha value is -2.17. The number of nitrogens with one attached hydrogen (secondary N) is 1. The van der Waals surface area contributed by atoms with Gasteiger partial charge in [-0.05, 0) is 12.1 Å².